The van der Waals surface area contributed by atoms with E-state index < -0.39 is 18.4 Å². The van der Waals surface area contributed by atoms with Crippen LogP contribution in [0.1, 0.15) is 6.92 Å². The highest BCUT2D eigenvalue weighted by molar-refractivity contribution is 5.81. The zero-order chi connectivity index (χ0) is 13.4. The fourth-order valence-electron chi connectivity index (χ4n) is 1.18. The second kappa shape index (κ2) is 7.67. The van der Waals surface area contributed by atoms with Crippen LogP contribution in [-0.2, 0) is 28.5 Å². The Morgan fingerprint density at radius 2 is 2.39 bits per heavy atom. The minimum Gasteiger partial charge on any atom is -0.433 e. The molecule has 0 spiro atoms. The van der Waals surface area contributed by atoms with Gasteiger partial charge in [0.2, 0.25) is 6.29 Å². The monoisotopic (exact) mass is 260 g/mol. The summed E-state index contributed by atoms with van der Waals surface area (Å²) in [6, 6.07) is 0. The lowest BCUT2D eigenvalue weighted by Gasteiger charge is -2.13. The Hall–Kier alpha value is -1.60. The molecule has 2 atom stereocenters. The molecule has 7 nitrogen and oxygen atoms in total. The number of esters is 1. The SMILES string of the molecule is C=CC(=O)OC(C)OCCOCC1COC(=O)O1. The van der Waals surface area contributed by atoms with E-state index in [9.17, 15) is 9.59 Å². The molecule has 2 unspecified atom stereocenters. The maximum absolute atomic E-state index is 10.8. The molecule has 18 heavy (non-hydrogen) atoms. The van der Waals surface area contributed by atoms with Crippen molar-refractivity contribution in [1.29, 1.82) is 0 Å². The Labute approximate surface area is 105 Å². The first kappa shape index (κ1) is 14.5. The van der Waals surface area contributed by atoms with E-state index in [2.05, 4.69) is 11.3 Å². The van der Waals surface area contributed by atoms with E-state index in [1.807, 2.05) is 0 Å². The van der Waals surface area contributed by atoms with Gasteiger partial charge in [0.1, 0.15) is 6.61 Å². The summed E-state index contributed by atoms with van der Waals surface area (Å²) in [6.07, 6.45) is -0.643. The zero-order valence-corrected chi connectivity index (χ0v) is 10.1. The van der Waals surface area contributed by atoms with E-state index in [0.717, 1.165) is 6.08 Å². The molecule has 1 saturated heterocycles. The molecule has 1 heterocycles. The third-order valence-electron chi connectivity index (χ3n) is 1.98. The van der Waals surface area contributed by atoms with Crippen LogP contribution in [0, 0.1) is 0 Å². The number of carbonyl (C=O) groups is 2. The maximum atomic E-state index is 10.8. The number of cyclic esters (lactones) is 2. The van der Waals surface area contributed by atoms with Gasteiger partial charge in [-0.3, -0.25) is 0 Å². The quantitative estimate of drug-likeness (QED) is 0.274. The molecule has 0 aromatic rings. The molecule has 0 amide bonds. The molecule has 7 heteroatoms. The minimum atomic E-state index is -0.676. The highest BCUT2D eigenvalue weighted by Crippen LogP contribution is 2.06. The summed E-state index contributed by atoms with van der Waals surface area (Å²) in [5, 5.41) is 0. The van der Waals surface area contributed by atoms with Crippen LogP contribution in [0.4, 0.5) is 4.79 Å². The second-order valence-corrected chi connectivity index (χ2v) is 3.46. The number of ether oxygens (including phenoxy) is 5. The summed E-state index contributed by atoms with van der Waals surface area (Å²) in [5.41, 5.74) is 0. The Kier molecular flexibility index (Phi) is 6.16. The summed E-state index contributed by atoms with van der Waals surface area (Å²) in [7, 11) is 0. The Balaban J connectivity index is 1.96. The molecule has 0 aromatic heterocycles. The van der Waals surface area contributed by atoms with Gasteiger partial charge in [-0.05, 0) is 6.92 Å². The van der Waals surface area contributed by atoms with E-state index >= 15 is 0 Å². The largest absolute Gasteiger partial charge is 0.508 e. The van der Waals surface area contributed by atoms with Gasteiger partial charge in [-0.15, -0.1) is 0 Å². The number of hydrogen-bond acceptors (Lipinski definition) is 7. The van der Waals surface area contributed by atoms with Crippen molar-refractivity contribution in [2.45, 2.75) is 19.3 Å². The molecule has 1 fully saturated rings. The van der Waals surface area contributed by atoms with Gasteiger partial charge in [0.05, 0.1) is 19.8 Å². The van der Waals surface area contributed by atoms with Gasteiger partial charge < -0.3 is 23.7 Å². The first-order chi connectivity index (χ1) is 8.61. The Morgan fingerprint density at radius 1 is 1.61 bits per heavy atom. The summed E-state index contributed by atoms with van der Waals surface area (Å²) in [6.45, 7) is 5.86. The van der Waals surface area contributed by atoms with Gasteiger partial charge in [-0.25, -0.2) is 9.59 Å². The summed E-state index contributed by atoms with van der Waals surface area (Å²) in [5.74, 6) is -0.543. The molecule has 0 bridgehead atoms. The summed E-state index contributed by atoms with van der Waals surface area (Å²) in [4.78, 5) is 21.4. The molecular weight excluding hydrogens is 244 g/mol. The van der Waals surface area contributed by atoms with Crippen LogP contribution >= 0.6 is 0 Å². The average Bonchev–Trinajstić information content (AvgIpc) is 2.74. The molecule has 1 aliphatic heterocycles. The van der Waals surface area contributed by atoms with E-state index in [-0.39, 0.29) is 25.9 Å². The highest BCUT2D eigenvalue weighted by Gasteiger charge is 2.24. The first-order valence-corrected chi connectivity index (χ1v) is 5.47. The number of hydrogen-bond donors (Lipinski definition) is 0. The lowest BCUT2D eigenvalue weighted by atomic mass is 10.4. The predicted octanol–water partition coefficient (Wildman–Crippen LogP) is 0.630. The predicted molar refractivity (Wildman–Crippen MR) is 58.7 cm³/mol. The van der Waals surface area contributed by atoms with Crippen molar-refractivity contribution in [3.8, 4) is 0 Å². The minimum absolute atomic E-state index is 0.201. The van der Waals surface area contributed by atoms with Gasteiger partial charge in [-0.1, -0.05) is 6.58 Å². The molecule has 0 aliphatic carbocycles. The van der Waals surface area contributed by atoms with Crippen molar-refractivity contribution in [3.63, 3.8) is 0 Å². The van der Waals surface area contributed by atoms with Crippen molar-refractivity contribution in [1.82, 2.24) is 0 Å². The van der Waals surface area contributed by atoms with Crippen LogP contribution in [0.25, 0.3) is 0 Å². The van der Waals surface area contributed by atoms with Gasteiger partial charge in [-0.2, -0.15) is 0 Å². The van der Waals surface area contributed by atoms with Crippen LogP contribution in [0.2, 0.25) is 0 Å². The topological polar surface area (TPSA) is 80.3 Å². The smallest absolute Gasteiger partial charge is 0.433 e. The van der Waals surface area contributed by atoms with Crippen molar-refractivity contribution in [2.24, 2.45) is 0 Å². The van der Waals surface area contributed by atoms with Crippen molar-refractivity contribution in [3.05, 3.63) is 12.7 Å². The highest BCUT2D eigenvalue weighted by atomic mass is 16.8. The molecule has 1 rings (SSSR count). The van der Waals surface area contributed by atoms with Crippen LogP contribution < -0.4 is 0 Å². The fraction of sp³-hybridized carbons (Fsp3) is 0.636. The normalized spacial score (nSPS) is 19.8. The molecule has 0 N–H and O–H groups in total. The van der Waals surface area contributed by atoms with Gasteiger partial charge in [0.25, 0.3) is 0 Å². The molecule has 0 saturated carbocycles. The summed E-state index contributed by atoms with van der Waals surface area (Å²) >= 11 is 0. The molecular formula is C11H16O7. The fourth-order valence-corrected chi connectivity index (χ4v) is 1.18. The van der Waals surface area contributed by atoms with Crippen LogP contribution in [0.3, 0.4) is 0 Å². The summed E-state index contributed by atoms with van der Waals surface area (Å²) < 4.78 is 24.4. The molecule has 102 valence electrons. The van der Waals surface area contributed by atoms with Crippen molar-refractivity contribution >= 4 is 12.1 Å². The van der Waals surface area contributed by atoms with Gasteiger partial charge in [0, 0.05) is 6.08 Å². The van der Waals surface area contributed by atoms with Crippen LogP contribution in [0.5, 0.6) is 0 Å². The van der Waals surface area contributed by atoms with Crippen molar-refractivity contribution < 1.29 is 33.3 Å². The molecule has 0 radical (unpaired) electrons. The first-order valence-electron chi connectivity index (χ1n) is 5.47. The molecule has 1 aliphatic rings. The third-order valence-corrected chi connectivity index (χ3v) is 1.98. The van der Waals surface area contributed by atoms with E-state index in [4.69, 9.17) is 18.9 Å². The lowest BCUT2D eigenvalue weighted by molar-refractivity contribution is -0.171. The van der Waals surface area contributed by atoms with E-state index in [1.54, 1.807) is 6.92 Å². The standard InChI is InChI=1S/C11H16O7/c1-3-10(12)17-8(2)15-5-4-14-6-9-7-16-11(13)18-9/h3,8-9H,1,4-7H2,2H3. The van der Waals surface area contributed by atoms with Crippen LogP contribution in [0.15, 0.2) is 12.7 Å². The number of rotatable bonds is 8. The van der Waals surface area contributed by atoms with Crippen LogP contribution in [-0.4, -0.2) is 50.9 Å². The average molecular weight is 260 g/mol. The van der Waals surface area contributed by atoms with E-state index in [1.165, 1.54) is 0 Å². The van der Waals surface area contributed by atoms with Gasteiger partial charge in [0.15, 0.2) is 6.10 Å². The van der Waals surface area contributed by atoms with Crippen molar-refractivity contribution in [2.75, 3.05) is 26.4 Å². The third kappa shape index (κ3) is 5.65. The van der Waals surface area contributed by atoms with E-state index in [0.29, 0.717) is 6.61 Å². The number of carbonyl (C=O) groups excluding carboxylic acids is 2. The maximum Gasteiger partial charge on any atom is 0.508 e. The Bertz CT molecular complexity index is 302. The molecule has 0 aromatic carbocycles. The second-order valence-electron chi connectivity index (χ2n) is 3.46. The zero-order valence-electron chi connectivity index (χ0n) is 10.1. The Morgan fingerprint density at radius 3 is 3.00 bits per heavy atom. The van der Waals surface area contributed by atoms with Gasteiger partial charge >= 0.3 is 12.1 Å². The lowest BCUT2D eigenvalue weighted by Crippen LogP contribution is -2.22.